The van der Waals surface area contributed by atoms with Crippen molar-refractivity contribution < 1.29 is 17.9 Å². The first-order chi connectivity index (χ1) is 17.9. The Kier molecular flexibility index (Phi) is 9.51. The van der Waals surface area contributed by atoms with Gasteiger partial charge in [0.2, 0.25) is 0 Å². The summed E-state index contributed by atoms with van der Waals surface area (Å²) >= 11 is 1.20. The lowest BCUT2D eigenvalue weighted by molar-refractivity contribution is 0.363. The van der Waals surface area contributed by atoms with Crippen LogP contribution in [0.2, 0.25) is 0 Å². The van der Waals surface area contributed by atoms with Gasteiger partial charge in [0, 0.05) is 23.0 Å². The number of ether oxygens (including phenoxy) is 2. The lowest BCUT2D eigenvalue weighted by Gasteiger charge is -2.21. The van der Waals surface area contributed by atoms with Crippen molar-refractivity contribution in [1.29, 1.82) is 0 Å². The van der Waals surface area contributed by atoms with Crippen LogP contribution in [0.5, 0.6) is 11.5 Å². The van der Waals surface area contributed by atoms with E-state index in [1.54, 1.807) is 26.4 Å². The van der Waals surface area contributed by atoms with E-state index in [-0.39, 0.29) is 4.21 Å². The molecule has 2 aromatic carbocycles. The summed E-state index contributed by atoms with van der Waals surface area (Å²) < 4.78 is 40.6. The normalized spacial score (nSPS) is 15.6. The fourth-order valence-electron chi connectivity index (χ4n) is 5.05. The first-order valence-corrected chi connectivity index (χ1v) is 15.4. The Morgan fingerprint density at radius 3 is 2.46 bits per heavy atom. The van der Waals surface area contributed by atoms with Gasteiger partial charge in [-0.1, -0.05) is 56.7 Å². The number of anilines is 1. The average molecular weight is 543 g/mol. The minimum Gasteiger partial charge on any atom is -0.497 e. The molecule has 1 aromatic heterocycles. The molecule has 0 aliphatic heterocycles. The molecule has 1 atom stereocenters. The van der Waals surface area contributed by atoms with Crippen molar-refractivity contribution in [3.63, 3.8) is 0 Å². The third-order valence-electron chi connectivity index (χ3n) is 7.08. The van der Waals surface area contributed by atoms with Crippen LogP contribution in [0.3, 0.4) is 0 Å². The summed E-state index contributed by atoms with van der Waals surface area (Å²) in [5.74, 6) is 2.13. The van der Waals surface area contributed by atoms with Crippen LogP contribution in [0.1, 0.15) is 57.4 Å². The zero-order valence-electron chi connectivity index (χ0n) is 22.0. The van der Waals surface area contributed by atoms with Gasteiger partial charge in [-0.25, -0.2) is 8.42 Å². The second kappa shape index (κ2) is 12.8. The quantitative estimate of drug-likeness (QED) is 0.253. The number of rotatable bonds is 11. The molecule has 1 heterocycles. The van der Waals surface area contributed by atoms with E-state index in [0.29, 0.717) is 29.8 Å². The predicted molar refractivity (Wildman–Crippen MR) is 152 cm³/mol. The topological polar surface area (TPSA) is 76.7 Å². The van der Waals surface area contributed by atoms with Crippen LogP contribution in [0.4, 0.5) is 5.69 Å². The summed E-state index contributed by atoms with van der Waals surface area (Å²) in [5.41, 5.74) is 2.33. The Balaban J connectivity index is 1.45. The van der Waals surface area contributed by atoms with E-state index in [1.165, 1.54) is 56.3 Å². The Hall–Kier alpha value is -2.55. The van der Waals surface area contributed by atoms with E-state index in [1.807, 2.05) is 42.5 Å². The van der Waals surface area contributed by atoms with E-state index in [9.17, 15) is 8.42 Å². The van der Waals surface area contributed by atoms with Crippen LogP contribution in [0.15, 0.2) is 58.8 Å². The molecule has 4 rings (SSSR count). The fourth-order valence-corrected chi connectivity index (χ4v) is 7.48. The van der Waals surface area contributed by atoms with Gasteiger partial charge in [0.1, 0.15) is 15.7 Å². The predicted octanol–water partition coefficient (Wildman–Crippen LogP) is 7.07. The van der Waals surface area contributed by atoms with Gasteiger partial charge in [-0.05, 0) is 61.2 Å². The molecule has 1 aliphatic carbocycles. The van der Waals surface area contributed by atoms with Crippen molar-refractivity contribution in [2.45, 2.75) is 68.7 Å². The van der Waals surface area contributed by atoms with Crippen LogP contribution < -0.4 is 19.5 Å². The molecule has 1 saturated carbocycles. The van der Waals surface area contributed by atoms with Crippen molar-refractivity contribution in [3.05, 3.63) is 60.2 Å². The lowest BCUT2D eigenvalue weighted by atomic mass is 9.93. The molecule has 6 nitrogen and oxygen atoms in total. The van der Waals surface area contributed by atoms with Crippen LogP contribution in [0, 0.1) is 5.92 Å². The summed E-state index contributed by atoms with van der Waals surface area (Å²) in [6, 6.07) is 16.9. The van der Waals surface area contributed by atoms with Gasteiger partial charge in [-0.15, -0.1) is 11.3 Å². The molecule has 2 N–H and O–H groups in total. The number of thiophene rings is 1. The van der Waals surface area contributed by atoms with E-state index in [4.69, 9.17) is 9.47 Å². The Bertz CT molecular complexity index is 1260. The minimum atomic E-state index is -3.75. The third-order valence-corrected chi connectivity index (χ3v) is 10.1. The maximum atomic E-state index is 13.3. The van der Waals surface area contributed by atoms with E-state index < -0.39 is 10.0 Å². The highest BCUT2D eigenvalue weighted by Gasteiger charge is 2.21. The SMILES string of the molecule is COc1ccc(OC)c(-c2ccc(S(=O)(=O)Nc3ccccc3CN[C@@H](C)CC3CCCCCC3)s2)c1. The molecule has 0 bridgehead atoms. The summed E-state index contributed by atoms with van der Waals surface area (Å²) in [6.45, 7) is 2.85. The summed E-state index contributed by atoms with van der Waals surface area (Å²) in [7, 11) is -0.556. The smallest absolute Gasteiger partial charge is 0.271 e. The maximum absolute atomic E-state index is 13.3. The number of sulfonamides is 1. The molecule has 0 radical (unpaired) electrons. The first-order valence-electron chi connectivity index (χ1n) is 13.1. The molecule has 0 spiro atoms. The molecule has 0 saturated heterocycles. The monoisotopic (exact) mass is 542 g/mol. The number of para-hydroxylation sites is 1. The van der Waals surface area contributed by atoms with Gasteiger partial charge in [0.05, 0.1) is 19.9 Å². The second-order valence-electron chi connectivity index (χ2n) is 9.82. The highest BCUT2D eigenvalue weighted by Crippen LogP contribution is 2.39. The van der Waals surface area contributed by atoms with E-state index >= 15 is 0 Å². The third kappa shape index (κ3) is 7.27. The number of nitrogens with one attached hydrogen (secondary N) is 2. The van der Waals surface area contributed by atoms with Gasteiger partial charge in [0.15, 0.2) is 0 Å². The molecule has 8 heteroatoms. The molecule has 1 aliphatic rings. The number of hydrogen-bond acceptors (Lipinski definition) is 6. The minimum absolute atomic E-state index is 0.247. The molecule has 3 aromatic rings. The van der Waals surface area contributed by atoms with Gasteiger partial charge >= 0.3 is 0 Å². The van der Waals surface area contributed by atoms with Crippen molar-refractivity contribution >= 4 is 27.0 Å². The average Bonchev–Trinajstić information content (AvgIpc) is 3.27. The molecular formula is C29H38N2O4S2. The molecule has 0 unspecified atom stereocenters. The molecule has 37 heavy (non-hydrogen) atoms. The number of hydrogen-bond donors (Lipinski definition) is 2. The molecule has 0 amide bonds. The van der Waals surface area contributed by atoms with Crippen molar-refractivity contribution in [2.24, 2.45) is 5.92 Å². The van der Waals surface area contributed by atoms with Gasteiger partial charge < -0.3 is 14.8 Å². The van der Waals surface area contributed by atoms with Gasteiger partial charge in [-0.3, -0.25) is 4.72 Å². The van der Waals surface area contributed by atoms with Crippen LogP contribution in [-0.2, 0) is 16.6 Å². The van der Waals surface area contributed by atoms with Gasteiger partial charge in [0.25, 0.3) is 10.0 Å². The summed E-state index contributed by atoms with van der Waals surface area (Å²) in [5, 5.41) is 3.62. The molecule has 200 valence electrons. The fraction of sp³-hybridized carbons (Fsp3) is 0.448. The highest BCUT2D eigenvalue weighted by molar-refractivity contribution is 7.94. The van der Waals surface area contributed by atoms with Crippen LogP contribution >= 0.6 is 11.3 Å². The Labute approximate surface area is 225 Å². The lowest BCUT2D eigenvalue weighted by Crippen LogP contribution is -2.28. The van der Waals surface area contributed by atoms with Crippen molar-refractivity contribution in [3.8, 4) is 21.9 Å². The van der Waals surface area contributed by atoms with Crippen molar-refractivity contribution in [2.75, 3.05) is 18.9 Å². The molecular weight excluding hydrogens is 504 g/mol. The standard InChI is InChI=1S/C29H38N2O4S2/c1-21(18-22-10-6-4-5-7-11-22)30-20-23-12-8-9-13-26(23)31-37(32,33)29-17-16-28(36-29)25-19-24(34-2)14-15-27(25)35-3/h8-9,12-17,19,21-22,30-31H,4-7,10-11,18,20H2,1-3H3/t21-/m0/s1. The first kappa shape index (κ1) is 27.5. The second-order valence-corrected chi connectivity index (χ2v) is 12.8. The highest BCUT2D eigenvalue weighted by atomic mass is 32.2. The Morgan fingerprint density at radius 1 is 0.973 bits per heavy atom. The van der Waals surface area contributed by atoms with E-state index in [2.05, 4.69) is 17.0 Å². The number of benzene rings is 2. The zero-order valence-corrected chi connectivity index (χ0v) is 23.6. The van der Waals surface area contributed by atoms with Crippen LogP contribution in [-0.4, -0.2) is 28.7 Å². The molecule has 1 fully saturated rings. The summed E-state index contributed by atoms with van der Waals surface area (Å²) in [4.78, 5) is 0.790. The zero-order chi connectivity index (χ0) is 26.3. The van der Waals surface area contributed by atoms with Crippen LogP contribution in [0.25, 0.3) is 10.4 Å². The number of methoxy groups -OCH3 is 2. The van der Waals surface area contributed by atoms with Gasteiger partial charge in [-0.2, -0.15) is 0 Å². The Morgan fingerprint density at radius 2 is 1.73 bits per heavy atom. The van der Waals surface area contributed by atoms with Crippen molar-refractivity contribution in [1.82, 2.24) is 5.32 Å². The maximum Gasteiger partial charge on any atom is 0.271 e. The van der Waals surface area contributed by atoms with E-state index in [0.717, 1.165) is 21.9 Å². The largest absolute Gasteiger partial charge is 0.497 e. The summed E-state index contributed by atoms with van der Waals surface area (Å²) in [6.07, 6.45) is 9.24.